The summed E-state index contributed by atoms with van der Waals surface area (Å²) in [6.07, 6.45) is 0. The quantitative estimate of drug-likeness (QED) is 0.320. The highest BCUT2D eigenvalue weighted by Gasteiger charge is 2.24. The molecule has 0 saturated heterocycles. The predicted molar refractivity (Wildman–Crippen MR) is 82.7 cm³/mol. The average molecular weight is 394 g/mol. The number of H-pyrrole nitrogens is 1. The van der Waals surface area contributed by atoms with Crippen LogP contribution in [0, 0.1) is 13.7 Å². The van der Waals surface area contributed by atoms with Gasteiger partial charge in [-0.05, 0) is 40.8 Å². The van der Waals surface area contributed by atoms with Crippen molar-refractivity contribution in [1.29, 1.82) is 0 Å². The standard InChI is InChI=1S/C13H8IN5O2/c14-12-10(7-4-8-11(12)19(20)21)18-13(15-16-17-18)9-5-2-1-3-6-9/h1-8H/p+1. The summed E-state index contributed by atoms with van der Waals surface area (Å²) >= 11 is 1.96. The van der Waals surface area contributed by atoms with Crippen molar-refractivity contribution in [2.45, 2.75) is 0 Å². The van der Waals surface area contributed by atoms with E-state index in [2.05, 4.69) is 15.5 Å². The van der Waals surface area contributed by atoms with Crippen LogP contribution in [0.1, 0.15) is 0 Å². The Balaban J connectivity index is 2.18. The molecule has 0 bridgehead atoms. The van der Waals surface area contributed by atoms with Crippen LogP contribution < -0.4 is 4.68 Å². The number of tetrazole rings is 1. The van der Waals surface area contributed by atoms with Crippen LogP contribution in [-0.2, 0) is 0 Å². The molecule has 2 aromatic carbocycles. The van der Waals surface area contributed by atoms with Crippen LogP contribution in [-0.4, -0.2) is 20.4 Å². The zero-order valence-electron chi connectivity index (χ0n) is 10.6. The van der Waals surface area contributed by atoms with Gasteiger partial charge in [0.1, 0.15) is 14.4 Å². The Hall–Kier alpha value is -2.36. The van der Waals surface area contributed by atoms with Crippen LogP contribution in [0.4, 0.5) is 5.69 Å². The summed E-state index contributed by atoms with van der Waals surface area (Å²) in [6, 6.07) is 14.4. The molecular formula is C13H9IN5O2+. The smallest absolute Gasteiger partial charge is 0.258 e. The Kier molecular flexibility index (Phi) is 3.60. The Morgan fingerprint density at radius 1 is 1.14 bits per heavy atom. The Labute approximate surface area is 132 Å². The summed E-state index contributed by atoms with van der Waals surface area (Å²) in [5.74, 6) is 0.592. The van der Waals surface area contributed by atoms with Gasteiger partial charge in [0, 0.05) is 6.07 Å². The third-order valence-corrected chi connectivity index (χ3v) is 4.03. The number of aromatic nitrogens is 4. The van der Waals surface area contributed by atoms with E-state index in [0.29, 0.717) is 15.1 Å². The zero-order valence-corrected chi connectivity index (χ0v) is 12.8. The first-order chi connectivity index (χ1) is 10.2. The van der Waals surface area contributed by atoms with Crippen molar-refractivity contribution in [2.75, 3.05) is 0 Å². The van der Waals surface area contributed by atoms with Crippen LogP contribution >= 0.6 is 22.6 Å². The number of nitro benzene ring substituents is 1. The van der Waals surface area contributed by atoms with Gasteiger partial charge in [0.15, 0.2) is 5.21 Å². The number of aromatic amines is 1. The number of nitro groups is 1. The van der Waals surface area contributed by atoms with Crippen LogP contribution in [0.2, 0.25) is 0 Å². The fourth-order valence-corrected chi connectivity index (χ4v) is 2.77. The second-order valence-corrected chi connectivity index (χ2v) is 5.27. The molecule has 0 aliphatic rings. The predicted octanol–water partition coefficient (Wildman–Crippen LogP) is 2.26. The maximum absolute atomic E-state index is 11.0. The molecule has 0 spiro atoms. The third-order valence-electron chi connectivity index (χ3n) is 2.93. The van der Waals surface area contributed by atoms with Crippen LogP contribution in [0.25, 0.3) is 17.1 Å². The van der Waals surface area contributed by atoms with Crippen molar-refractivity contribution in [3.05, 3.63) is 62.2 Å². The van der Waals surface area contributed by atoms with Crippen molar-refractivity contribution in [1.82, 2.24) is 15.5 Å². The van der Waals surface area contributed by atoms with Gasteiger partial charge in [0.25, 0.3) is 5.69 Å². The molecular weight excluding hydrogens is 385 g/mol. The Morgan fingerprint density at radius 3 is 2.62 bits per heavy atom. The number of benzene rings is 2. The summed E-state index contributed by atoms with van der Waals surface area (Å²) in [5, 5.41) is 21.7. The van der Waals surface area contributed by atoms with Gasteiger partial charge >= 0.3 is 5.82 Å². The minimum absolute atomic E-state index is 0.0502. The van der Waals surface area contributed by atoms with Gasteiger partial charge in [-0.15, -0.1) is 4.68 Å². The highest BCUT2D eigenvalue weighted by Crippen LogP contribution is 2.25. The lowest BCUT2D eigenvalue weighted by Gasteiger charge is -2.02. The highest BCUT2D eigenvalue weighted by atomic mass is 127. The van der Waals surface area contributed by atoms with E-state index in [0.717, 1.165) is 5.56 Å². The van der Waals surface area contributed by atoms with Gasteiger partial charge in [0.05, 0.1) is 10.5 Å². The summed E-state index contributed by atoms with van der Waals surface area (Å²) in [4.78, 5) is 10.6. The van der Waals surface area contributed by atoms with Crippen LogP contribution in [0.3, 0.4) is 0 Å². The molecule has 104 valence electrons. The van der Waals surface area contributed by atoms with Gasteiger partial charge in [0.2, 0.25) is 0 Å². The van der Waals surface area contributed by atoms with E-state index in [9.17, 15) is 10.1 Å². The fraction of sp³-hybridized carbons (Fsp3) is 0. The number of rotatable bonds is 3. The summed E-state index contributed by atoms with van der Waals surface area (Å²) in [5.41, 5.74) is 1.55. The van der Waals surface area contributed by atoms with E-state index in [1.165, 1.54) is 6.07 Å². The number of hydrogen-bond acceptors (Lipinski definition) is 4. The molecule has 21 heavy (non-hydrogen) atoms. The lowest BCUT2D eigenvalue weighted by molar-refractivity contribution is -0.650. The van der Waals surface area contributed by atoms with Gasteiger partial charge in [-0.3, -0.25) is 10.1 Å². The molecule has 1 aromatic heterocycles. The Bertz CT molecular complexity index is 803. The number of nitrogens with one attached hydrogen (secondary N) is 1. The SMILES string of the molecule is O=[N+]([O-])c1cccc(-[n+]2[nH]nnc2-c2ccccc2)c1I. The molecule has 0 fully saturated rings. The van der Waals surface area contributed by atoms with E-state index in [4.69, 9.17) is 0 Å². The van der Waals surface area contributed by atoms with Crippen molar-refractivity contribution in [3.8, 4) is 17.1 Å². The molecule has 3 aromatic rings. The van der Waals surface area contributed by atoms with Crippen molar-refractivity contribution in [2.24, 2.45) is 0 Å². The fourth-order valence-electron chi connectivity index (χ4n) is 1.97. The van der Waals surface area contributed by atoms with Gasteiger partial charge in [-0.25, -0.2) is 0 Å². The molecule has 1 heterocycles. The number of nitrogens with zero attached hydrogens (tertiary/aromatic N) is 4. The van der Waals surface area contributed by atoms with Crippen molar-refractivity contribution in [3.63, 3.8) is 0 Å². The average Bonchev–Trinajstić information content (AvgIpc) is 2.97. The summed E-state index contributed by atoms with van der Waals surface area (Å²) in [6.45, 7) is 0. The molecule has 3 rings (SSSR count). The first kappa shape index (κ1) is 13.6. The maximum Gasteiger partial charge on any atom is 0.337 e. The van der Waals surface area contributed by atoms with Gasteiger partial charge in [-0.1, -0.05) is 29.5 Å². The first-order valence-electron chi connectivity index (χ1n) is 6.00. The van der Waals surface area contributed by atoms with Crippen LogP contribution in [0.15, 0.2) is 48.5 Å². The molecule has 0 saturated carbocycles. The first-order valence-corrected chi connectivity index (χ1v) is 7.08. The molecule has 0 aliphatic carbocycles. The number of halogens is 1. The molecule has 0 unspecified atom stereocenters. The molecule has 0 radical (unpaired) electrons. The van der Waals surface area contributed by atoms with Crippen LogP contribution in [0.5, 0.6) is 0 Å². The topological polar surface area (TPSA) is 88.6 Å². The molecule has 0 atom stereocenters. The largest absolute Gasteiger partial charge is 0.337 e. The normalized spacial score (nSPS) is 10.5. The zero-order chi connectivity index (χ0) is 14.8. The van der Waals surface area contributed by atoms with Crippen molar-refractivity contribution < 1.29 is 9.61 Å². The second-order valence-electron chi connectivity index (χ2n) is 4.19. The van der Waals surface area contributed by atoms with Crippen molar-refractivity contribution >= 4 is 28.3 Å². The number of hydrogen-bond donors (Lipinski definition) is 1. The lowest BCUT2D eigenvalue weighted by atomic mass is 10.2. The maximum atomic E-state index is 11.0. The molecule has 0 amide bonds. The highest BCUT2D eigenvalue weighted by molar-refractivity contribution is 14.1. The van der Waals surface area contributed by atoms with E-state index < -0.39 is 4.92 Å². The summed E-state index contributed by atoms with van der Waals surface area (Å²) < 4.78 is 2.15. The minimum Gasteiger partial charge on any atom is -0.258 e. The Morgan fingerprint density at radius 2 is 1.90 bits per heavy atom. The molecule has 7 nitrogen and oxygen atoms in total. The van der Waals surface area contributed by atoms with E-state index in [1.54, 1.807) is 16.8 Å². The van der Waals surface area contributed by atoms with E-state index in [1.807, 2.05) is 52.9 Å². The molecule has 1 N–H and O–H groups in total. The van der Waals surface area contributed by atoms with Gasteiger partial charge < -0.3 is 0 Å². The monoisotopic (exact) mass is 394 g/mol. The molecule has 0 aliphatic heterocycles. The second kappa shape index (κ2) is 5.56. The van der Waals surface area contributed by atoms with Gasteiger partial charge in [-0.2, -0.15) is 0 Å². The summed E-state index contributed by atoms with van der Waals surface area (Å²) in [7, 11) is 0. The van der Waals surface area contributed by atoms with E-state index in [-0.39, 0.29) is 5.69 Å². The lowest BCUT2D eigenvalue weighted by Crippen LogP contribution is -2.36. The van der Waals surface area contributed by atoms with E-state index >= 15 is 0 Å². The third kappa shape index (κ3) is 2.49. The minimum atomic E-state index is -0.405. The molecule has 8 heteroatoms.